The molecule has 0 saturated carbocycles. The van der Waals surface area contributed by atoms with Crippen LogP contribution >= 0.6 is 0 Å². The maximum atomic E-state index is 12.0. The van der Waals surface area contributed by atoms with Crippen molar-refractivity contribution in [3.05, 3.63) is 29.3 Å². The number of carbonyl (C=O) groups is 2. The average molecular weight is 250 g/mol. The Labute approximate surface area is 107 Å². The first-order valence-corrected chi connectivity index (χ1v) is 5.67. The topological polar surface area (TPSA) is 52.6 Å². The number of Topliss-reactive ketones (excluding diaryl/α,β-unsaturated/α-hetero) is 1. The van der Waals surface area contributed by atoms with Crippen LogP contribution in [0.5, 0.6) is 5.75 Å². The Balaban J connectivity index is 3.05. The van der Waals surface area contributed by atoms with E-state index in [1.807, 2.05) is 13.0 Å². The third-order valence-corrected chi connectivity index (χ3v) is 2.24. The number of ether oxygens (including phenoxy) is 2. The lowest BCUT2D eigenvalue weighted by Gasteiger charge is -2.19. The van der Waals surface area contributed by atoms with E-state index in [1.165, 1.54) is 7.11 Å². The molecule has 98 valence electrons. The van der Waals surface area contributed by atoms with Gasteiger partial charge in [-0.1, -0.05) is 12.1 Å². The fraction of sp³-hybridized carbons (Fsp3) is 0.429. The van der Waals surface area contributed by atoms with Gasteiger partial charge in [-0.2, -0.15) is 0 Å². The summed E-state index contributed by atoms with van der Waals surface area (Å²) in [4.78, 5) is 23.7. The number of para-hydroxylation sites is 1. The van der Waals surface area contributed by atoms with Gasteiger partial charge in [0.05, 0.1) is 12.7 Å². The van der Waals surface area contributed by atoms with E-state index < -0.39 is 17.4 Å². The maximum absolute atomic E-state index is 12.0. The largest absolute Gasteiger partial charge is 0.496 e. The second-order valence-corrected chi connectivity index (χ2v) is 4.99. The van der Waals surface area contributed by atoms with Crippen molar-refractivity contribution in [2.45, 2.75) is 33.3 Å². The molecular weight excluding hydrogens is 232 g/mol. The molecule has 0 aliphatic carbocycles. The zero-order valence-corrected chi connectivity index (χ0v) is 11.4. The van der Waals surface area contributed by atoms with Gasteiger partial charge in [-0.05, 0) is 39.3 Å². The Morgan fingerprint density at radius 3 is 2.28 bits per heavy atom. The van der Waals surface area contributed by atoms with Crippen LogP contribution in [0.25, 0.3) is 0 Å². The van der Waals surface area contributed by atoms with Crippen LogP contribution in [0.2, 0.25) is 0 Å². The predicted octanol–water partition coefficient (Wildman–Crippen LogP) is 2.53. The van der Waals surface area contributed by atoms with E-state index in [1.54, 1.807) is 32.9 Å². The average Bonchev–Trinajstić information content (AvgIpc) is 2.25. The molecule has 0 bridgehead atoms. The van der Waals surface area contributed by atoms with Gasteiger partial charge in [-0.25, -0.2) is 4.79 Å². The highest BCUT2D eigenvalue weighted by molar-refractivity contribution is 6.41. The van der Waals surface area contributed by atoms with Gasteiger partial charge in [0, 0.05) is 0 Å². The van der Waals surface area contributed by atoms with Crippen LogP contribution in [0.15, 0.2) is 18.2 Å². The molecule has 0 N–H and O–H groups in total. The van der Waals surface area contributed by atoms with E-state index in [2.05, 4.69) is 0 Å². The van der Waals surface area contributed by atoms with Crippen molar-refractivity contribution >= 4 is 11.8 Å². The Bertz CT molecular complexity index is 469. The van der Waals surface area contributed by atoms with Gasteiger partial charge in [-0.15, -0.1) is 0 Å². The van der Waals surface area contributed by atoms with E-state index in [-0.39, 0.29) is 5.56 Å². The zero-order chi connectivity index (χ0) is 13.9. The molecule has 0 saturated heterocycles. The molecule has 0 aliphatic heterocycles. The van der Waals surface area contributed by atoms with Crippen molar-refractivity contribution in [1.29, 1.82) is 0 Å². The summed E-state index contributed by atoms with van der Waals surface area (Å²) in [5.74, 6) is -1.15. The van der Waals surface area contributed by atoms with Crippen LogP contribution in [0, 0.1) is 6.92 Å². The Morgan fingerprint density at radius 1 is 1.17 bits per heavy atom. The molecule has 4 heteroatoms. The first-order chi connectivity index (χ1) is 8.26. The molecule has 0 spiro atoms. The summed E-state index contributed by atoms with van der Waals surface area (Å²) in [5, 5.41) is 0. The van der Waals surface area contributed by atoms with E-state index >= 15 is 0 Å². The standard InChI is InChI=1S/C14H18O4/c1-9-7-6-8-10(12(9)17-5)11(15)13(16)18-14(2,3)4/h6-8H,1-5H3. The summed E-state index contributed by atoms with van der Waals surface area (Å²) in [6, 6.07) is 5.07. The molecule has 0 aromatic heterocycles. The van der Waals surface area contributed by atoms with Gasteiger partial charge in [0.2, 0.25) is 0 Å². The highest BCUT2D eigenvalue weighted by Crippen LogP contribution is 2.24. The number of aryl methyl sites for hydroxylation is 1. The Kier molecular flexibility index (Phi) is 4.11. The third-order valence-electron chi connectivity index (χ3n) is 2.24. The van der Waals surface area contributed by atoms with Gasteiger partial charge in [0.15, 0.2) is 0 Å². The van der Waals surface area contributed by atoms with E-state index in [4.69, 9.17) is 9.47 Å². The lowest BCUT2D eigenvalue weighted by Crippen LogP contribution is -2.29. The van der Waals surface area contributed by atoms with Crippen molar-refractivity contribution in [3.63, 3.8) is 0 Å². The third kappa shape index (κ3) is 3.32. The highest BCUT2D eigenvalue weighted by Gasteiger charge is 2.26. The molecule has 1 rings (SSSR count). The van der Waals surface area contributed by atoms with E-state index in [9.17, 15) is 9.59 Å². The fourth-order valence-corrected chi connectivity index (χ4v) is 1.54. The molecule has 0 aliphatic rings. The minimum atomic E-state index is -0.869. The summed E-state index contributed by atoms with van der Waals surface area (Å²) in [5.41, 5.74) is 0.336. The van der Waals surface area contributed by atoms with Gasteiger partial charge >= 0.3 is 5.97 Å². The van der Waals surface area contributed by atoms with Crippen LogP contribution in [-0.4, -0.2) is 24.5 Å². The molecule has 0 fully saturated rings. The number of hydrogen-bond donors (Lipinski definition) is 0. The molecule has 1 aromatic carbocycles. The van der Waals surface area contributed by atoms with Crippen LogP contribution in [-0.2, 0) is 9.53 Å². The maximum Gasteiger partial charge on any atom is 0.380 e. The lowest BCUT2D eigenvalue weighted by atomic mass is 10.1. The molecule has 4 nitrogen and oxygen atoms in total. The molecule has 0 unspecified atom stereocenters. The monoisotopic (exact) mass is 250 g/mol. The van der Waals surface area contributed by atoms with Crippen molar-refractivity contribution in [3.8, 4) is 5.75 Å². The smallest absolute Gasteiger partial charge is 0.380 e. The zero-order valence-electron chi connectivity index (χ0n) is 11.4. The number of carbonyl (C=O) groups excluding carboxylic acids is 2. The highest BCUT2D eigenvalue weighted by atomic mass is 16.6. The van der Waals surface area contributed by atoms with Gasteiger partial charge in [0.25, 0.3) is 5.78 Å². The summed E-state index contributed by atoms with van der Waals surface area (Å²) in [6.07, 6.45) is 0. The number of rotatable bonds is 3. The molecule has 0 atom stereocenters. The van der Waals surface area contributed by atoms with Crippen molar-refractivity contribution in [1.82, 2.24) is 0 Å². The van der Waals surface area contributed by atoms with Crippen LogP contribution in [0.3, 0.4) is 0 Å². The lowest BCUT2D eigenvalue weighted by molar-refractivity contribution is -0.148. The SMILES string of the molecule is COc1c(C)cccc1C(=O)C(=O)OC(C)(C)C. The number of benzene rings is 1. The van der Waals surface area contributed by atoms with Crippen LogP contribution in [0.1, 0.15) is 36.7 Å². The van der Waals surface area contributed by atoms with Crippen molar-refractivity contribution in [2.75, 3.05) is 7.11 Å². The van der Waals surface area contributed by atoms with Crippen LogP contribution in [0.4, 0.5) is 0 Å². The quantitative estimate of drug-likeness (QED) is 0.470. The molecule has 0 amide bonds. The van der Waals surface area contributed by atoms with Gasteiger partial charge in [-0.3, -0.25) is 4.79 Å². The Hall–Kier alpha value is -1.84. The minimum absolute atomic E-state index is 0.228. The van der Waals surface area contributed by atoms with Crippen molar-refractivity contribution in [2.24, 2.45) is 0 Å². The number of methoxy groups -OCH3 is 1. The first kappa shape index (κ1) is 14.2. The Morgan fingerprint density at radius 2 is 1.78 bits per heavy atom. The second-order valence-electron chi connectivity index (χ2n) is 4.99. The molecular formula is C14H18O4. The van der Waals surface area contributed by atoms with Crippen LogP contribution < -0.4 is 4.74 Å². The molecule has 0 radical (unpaired) electrons. The first-order valence-electron chi connectivity index (χ1n) is 5.67. The number of ketones is 1. The number of hydrogen-bond acceptors (Lipinski definition) is 4. The molecule has 0 heterocycles. The van der Waals surface area contributed by atoms with Gasteiger partial charge < -0.3 is 9.47 Å². The minimum Gasteiger partial charge on any atom is -0.496 e. The fourth-order valence-electron chi connectivity index (χ4n) is 1.54. The summed E-state index contributed by atoms with van der Waals surface area (Å²) in [7, 11) is 1.47. The normalized spacial score (nSPS) is 10.9. The van der Waals surface area contributed by atoms with Gasteiger partial charge in [0.1, 0.15) is 11.4 Å². The predicted molar refractivity (Wildman–Crippen MR) is 67.9 cm³/mol. The summed E-state index contributed by atoms with van der Waals surface area (Å²) >= 11 is 0. The summed E-state index contributed by atoms with van der Waals surface area (Å²) < 4.78 is 10.2. The molecule has 18 heavy (non-hydrogen) atoms. The van der Waals surface area contributed by atoms with E-state index in [0.717, 1.165) is 5.56 Å². The number of esters is 1. The summed E-state index contributed by atoms with van der Waals surface area (Å²) in [6.45, 7) is 6.95. The second kappa shape index (κ2) is 5.21. The molecule has 1 aromatic rings. The van der Waals surface area contributed by atoms with Crippen molar-refractivity contribution < 1.29 is 19.1 Å². The van der Waals surface area contributed by atoms with E-state index in [0.29, 0.717) is 5.75 Å².